The smallest absolute Gasteiger partial charge is 0.258 e. The van der Waals surface area contributed by atoms with Crippen molar-refractivity contribution in [1.82, 2.24) is 10.3 Å². The van der Waals surface area contributed by atoms with Crippen LogP contribution >= 0.6 is 23.1 Å². The van der Waals surface area contributed by atoms with Crippen molar-refractivity contribution in [3.05, 3.63) is 46.4 Å². The fourth-order valence-electron chi connectivity index (χ4n) is 2.12. The molecular formula is C17H18ClN3O3S. The van der Waals surface area contributed by atoms with Crippen LogP contribution in [0.1, 0.15) is 42.1 Å². The molecular weight excluding hydrogens is 362 g/mol. The highest BCUT2D eigenvalue weighted by Crippen LogP contribution is 2.39. The van der Waals surface area contributed by atoms with Gasteiger partial charge in [-0.2, -0.15) is 0 Å². The lowest BCUT2D eigenvalue weighted by atomic mass is 10.00. The molecule has 1 N–H and O–H groups in total. The van der Waals surface area contributed by atoms with E-state index in [2.05, 4.69) is 10.3 Å². The molecule has 2 amide bonds. The van der Waals surface area contributed by atoms with Gasteiger partial charge >= 0.3 is 0 Å². The van der Waals surface area contributed by atoms with E-state index in [0.29, 0.717) is 22.7 Å². The van der Waals surface area contributed by atoms with E-state index in [1.807, 2.05) is 20.8 Å². The molecule has 0 saturated heterocycles. The molecule has 0 aliphatic carbocycles. The lowest BCUT2D eigenvalue weighted by molar-refractivity contribution is -0.117. The van der Waals surface area contributed by atoms with Crippen molar-refractivity contribution < 1.29 is 14.4 Å². The van der Waals surface area contributed by atoms with Crippen LogP contribution < -0.4 is 9.74 Å². The third-order valence-corrected chi connectivity index (χ3v) is 4.49. The summed E-state index contributed by atoms with van der Waals surface area (Å²) in [5, 5.41) is 4.40. The molecule has 0 fully saturated rings. The highest BCUT2D eigenvalue weighted by atomic mass is 35.5. The van der Waals surface area contributed by atoms with Gasteiger partial charge in [0.05, 0.1) is 16.3 Å². The zero-order valence-corrected chi connectivity index (χ0v) is 15.6. The van der Waals surface area contributed by atoms with E-state index < -0.39 is 11.8 Å². The molecule has 0 saturated carbocycles. The first kappa shape index (κ1) is 19.1. The number of hydrogen-bond acceptors (Lipinski definition) is 5. The Morgan fingerprint density at radius 3 is 2.60 bits per heavy atom. The predicted octanol–water partition coefficient (Wildman–Crippen LogP) is 3.14. The first-order valence-electron chi connectivity index (χ1n) is 7.50. The molecule has 0 radical (unpaired) electrons. The van der Waals surface area contributed by atoms with Crippen LogP contribution in [0.15, 0.2) is 35.8 Å². The Labute approximate surface area is 154 Å². The number of pyridine rings is 1. The average molecular weight is 380 g/mol. The van der Waals surface area contributed by atoms with Crippen molar-refractivity contribution in [2.75, 3.05) is 4.42 Å². The summed E-state index contributed by atoms with van der Waals surface area (Å²) in [5.74, 6) is -1.61. The van der Waals surface area contributed by atoms with E-state index in [9.17, 15) is 14.4 Å². The molecule has 2 aromatic rings. The highest BCUT2D eigenvalue weighted by molar-refractivity contribution is 7.12. The number of hydrogen-bond donors (Lipinski definition) is 1. The first-order valence-corrected chi connectivity index (χ1v) is 8.71. The standard InChI is InChI=1S/C12H7ClN2O2S.C5H11NO/c13-15-7-3-1-5-14-10(7)9(12(15)17)11(16)8-4-2-6-18-8;1-5(2,3)6-4-7/h1-6,9H;4H,1-3H3,(H,6,7). The lowest BCUT2D eigenvalue weighted by Gasteiger charge is -2.15. The summed E-state index contributed by atoms with van der Waals surface area (Å²) in [4.78, 5) is 38.7. The van der Waals surface area contributed by atoms with Crippen molar-refractivity contribution in [3.8, 4) is 0 Å². The van der Waals surface area contributed by atoms with Gasteiger partial charge in [0.15, 0.2) is 5.78 Å². The minimum Gasteiger partial charge on any atom is -0.354 e. The molecule has 3 heterocycles. The lowest BCUT2D eigenvalue weighted by Crippen LogP contribution is -2.34. The Bertz CT molecular complexity index is 772. The molecule has 6 nitrogen and oxygen atoms in total. The molecule has 0 spiro atoms. The van der Waals surface area contributed by atoms with Crippen molar-refractivity contribution in [1.29, 1.82) is 0 Å². The van der Waals surface area contributed by atoms with Crippen LogP contribution in [0.2, 0.25) is 0 Å². The molecule has 1 unspecified atom stereocenters. The van der Waals surface area contributed by atoms with Crippen molar-refractivity contribution in [3.63, 3.8) is 0 Å². The number of nitrogens with one attached hydrogen (secondary N) is 1. The van der Waals surface area contributed by atoms with Gasteiger partial charge in [-0.15, -0.1) is 11.3 Å². The fraction of sp³-hybridized carbons (Fsp3) is 0.294. The molecule has 3 rings (SSSR count). The van der Waals surface area contributed by atoms with Gasteiger partial charge < -0.3 is 5.32 Å². The first-order chi connectivity index (χ1) is 11.8. The Balaban J connectivity index is 0.000000277. The maximum Gasteiger partial charge on any atom is 0.258 e. The third kappa shape index (κ3) is 4.43. The molecule has 8 heteroatoms. The molecule has 25 heavy (non-hydrogen) atoms. The summed E-state index contributed by atoms with van der Waals surface area (Å²) >= 11 is 7.19. The van der Waals surface area contributed by atoms with Crippen LogP contribution in [-0.4, -0.2) is 28.6 Å². The zero-order chi connectivity index (χ0) is 18.6. The highest BCUT2D eigenvalue weighted by Gasteiger charge is 2.43. The van der Waals surface area contributed by atoms with Crippen LogP contribution in [0.25, 0.3) is 0 Å². The number of Topliss-reactive ketones (excluding diaryl/α,β-unsaturated/α-hetero) is 1. The second kappa shape index (κ2) is 7.76. The van der Waals surface area contributed by atoms with Crippen LogP contribution in [0.3, 0.4) is 0 Å². The topological polar surface area (TPSA) is 79.4 Å². The SMILES string of the molecule is CC(C)(C)NC=O.O=C(c1cccs1)C1C(=O)N(Cl)c2cccnc21. The number of halogens is 1. The van der Waals surface area contributed by atoms with Crippen LogP contribution in [0, 0.1) is 0 Å². The average Bonchev–Trinajstić information content (AvgIpc) is 3.15. The van der Waals surface area contributed by atoms with E-state index in [-0.39, 0.29) is 11.3 Å². The quantitative estimate of drug-likeness (QED) is 0.384. The van der Waals surface area contributed by atoms with Gasteiger partial charge in [-0.3, -0.25) is 19.4 Å². The second-order valence-corrected chi connectivity index (χ2v) is 7.60. The van der Waals surface area contributed by atoms with Crippen molar-refractivity contribution in [2.45, 2.75) is 32.2 Å². The van der Waals surface area contributed by atoms with Gasteiger partial charge in [-0.25, -0.2) is 4.42 Å². The van der Waals surface area contributed by atoms with Gasteiger partial charge in [0.2, 0.25) is 6.41 Å². The zero-order valence-electron chi connectivity index (χ0n) is 14.0. The number of carbonyl (C=O) groups excluding carboxylic acids is 3. The van der Waals surface area contributed by atoms with Crippen LogP contribution in [0.5, 0.6) is 0 Å². The number of fused-ring (bicyclic) bond motifs is 1. The number of amides is 2. The van der Waals surface area contributed by atoms with Gasteiger partial charge in [0.1, 0.15) is 5.92 Å². The van der Waals surface area contributed by atoms with Gasteiger partial charge in [-0.1, -0.05) is 6.07 Å². The van der Waals surface area contributed by atoms with Crippen molar-refractivity contribution in [2.24, 2.45) is 0 Å². The Morgan fingerprint density at radius 1 is 1.36 bits per heavy atom. The summed E-state index contributed by atoms with van der Waals surface area (Å²) in [6.07, 6.45) is 2.26. The van der Waals surface area contributed by atoms with Gasteiger partial charge in [0.25, 0.3) is 5.91 Å². The van der Waals surface area contributed by atoms with E-state index in [4.69, 9.17) is 11.8 Å². The summed E-state index contributed by atoms with van der Waals surface area (Å²) in [6, 6.07) is 6.82. The van der Waals surface area contributed by atoms with Crippen LogP contribution in [0.4, 0.5) is 5.69 Å². The molecule has 2 aromatic heterocycles. The molecule has 0 bridgehead atoms. The number of aromatic nitrogens is 1. The normalized spacial score (nSPS) is 15.9. The van der Waals surface area contributed by atoms with Gasteiger partial charge in [0, 0.05) is 23.5 Å². The number of anilines is 1. The number of ketones is 1. The monoisotopic (exact) mass is 379 g/mol. The predicted molar refractivity (Wildman–Crippen MR) is 97.9 cm³/mol. The third-order valence-electron chi connectivity index (χ3n) is 3.26. The summed E-state index contributed by atoms with van der Waals surface area (Å²) in [6.45, 7) is 5.80. The summed E-state index contributed by atoms with van der Waals surface area (Å²) in [5.41, 5.74) is 0.844. The minimum absolute atomic E-state index is 0.0677. The fourth-order valence-corrected chi connectivity index (χ4v) is 3.06. The van der Waals surface area contributed by atoms with E-state index in [0.717, 1.165) is 4.42 Å². The molecule has 0 aromatic carbocycles. The Kier molecular flexibility index (Phi) is 5.92. The van der Waals surface area contributed by atoms with Crippen LogP contribution in [-0.2, 0) is 9.59 Å². The number of nitrogens with zero attached hydrogens (tertiary/aromatic N) is 2. The Hall–Kier alpha value is -2.25. The van der Waals surface area contributed by atoms with E-state index >= 15 is 0 Å². The number of carbonyl (C=O) groups is 3. The largest absolute Gasteiger partial charge is 0.354 e. The molecule has 1 aliphatic rings. The van der Waals surface area contributed by atoms with Gasteiger partial charge in [-0.05, 0) is 44.4 Å². The number of thiophene rings is 1. The Morgan fingerprint density at radius 2 is 2.08 bits per heavy atom. The maximum absolute atomic E-state index is 12.3. The van der Waals surface area contributed by atoms with E-state index in [1.165, 1.54) is 11.3 Å². The second-order valence-electron chi connectivity index (χ2n) is 6.31. The summed E-state index contributed by atoms with van der Waals surface area (Å²) in [7, 11) is 0. The van der Waals surface area contributed by atoms with Crippen molar-refractivity contribution >= 4 is 46.9 Å². The maximum atomic E-state index is 12.3. The minimum atomic E-state index is -0.919. The summed E-state index contributed by atoms with van der Waals surface area (Å²) < 4.78 is 0.971. The molecule has 132 valence electrons. The molecule has 1 atom stereocenters. The van der Waals surface area contributed by atoms with E-state index in [1.54, 1.807) is 35.8 Å². The number of rotatable bonds is 3. The molecule has 1 aliphatic heterocycles.